The standard InChI is InChI=1S/C13H24N2O3/c1-11(14(2)8-6-7-12(16)17)13(18)15-9-4-3-5-10-15/h11H,3-10H2,1-2H3,(H,16,17). The number of carboxylic acids is 1. The number of carbonyl (C=O) groups is 2. The van der Waals surface area contributed by atoms with Gasteiger partial charge in [-0.15, -0.1) is 0 Å². The average Bonchev–Trinajstić information content (AvgIpc) is 2.37. The van der Waals surface area contributed by atoms with Crippen LogP contribution in [0.1, 0.15) is 39.0 Å². The molecule has 5 nitrogen and oxygen atoms in total. The van der Waals surface area contributed by atoms with Crippen molar-refractivity contribution >= 4 is 11.9 Å². The quantitative estimate of drug-likeness (QED) is 0.775. The summed E-state index contributed by atoms with van der Waals surface area (Å²) in [7, 11) is 1.88. The Morgan fingerprint density at radius 3 is 2.44 bits per heavy atom. The lowest BCUT2D eigenvalue weighted by Gasteiger charge is -2.32. The molecule has 1 rings (SSSR count). The fraction of sp³-hybridized carbons (Fsp3) is 0.846. The molecule has 104 valence electrons. The van der Waals surface area contributed by atoms with Gasteiger partial charge in [0.15, 0.2) is 0 Å². The highest BCUT2D eigenvalue weighted by Crippen LogP contribution is 2.12. The topological polar surface area (TPSA) is 60.9 Å². The molecule has 0 aromatic carbocycles. The summed E-state index contributed by atoms with van der Waals surface area (Å²) in [5.74, 6) is -0.606. The smallest absolute Gasteiger partial charge is 0.303 e. The van der Waals surface area contributed by atoms with Crippen LogP contribution in [-0.4, -0.2) is 59.5 Å². The number of likely N-dealkylation sites (tertiary alicyclic amines) is 1. The number of carbonyl (C=O) groups excluding carboxylic acids is 1. The molecule has 1 heterocycles. The van der Waals surface area contributed by atoms with Crippen LogP contribution in [0.3, 0.4) is 0 Å². The molecule has 1 amide bonds. The molecule has 1 saturated heterocycles. The molecule has 0 aromatic heterocycles. The normalized spacial score (nSPS) is 17.8. The van der Waals surface area contributed by atoms with Crippen molar-refractivity contribution < 1.29 is 14.7 Å². The number of piperidine rings is 1. The van der Waals surface area contributed by atoms with E-state index >= 15 is 0 Å². The maximum atomic E-state index is 12.2. The molecule has 0 aliphatic carbocycles. The van der Waals surface area contributed by atoms with E-state index in [1.165, 1.54) is 6.42 Å². The Kier molecular flexibility index (Phi) is 6.12. The largest absolute Gasteiger partial charge is 0.481 e. The summed E-state index contributed by atoms with van der Waals surface area (Å²) in [4.78, 5) is 26.5. The number of rotatable bonds is 6. The zero-order valence-corrected chi connectivity index (χ0v) is 11.4. The second-order valence-corrected chi connectivity index (χ2v) is 5.04. The summed E-state index contributed by atoms with van der Waals surface area (Å²) in [6, 6.07) is -0.156. The molecule has 18 heavy (non-hydrogen) atoms. The fourth-order valence-corrected chi connectivity index (χ4v) is 2.24. The van der Waals surface area contributed by atoms with Crippen LogP contribution in [0.15, 0.2) is 0 Å². The zero-order chi connectivity index (χ0) is 13.5. The summed E-state index contributed by atoms with van der Waals surface area (Å²) in [6.07, 6.45) is 4.16. The van der Waals surface area contributed by atoms with Gasteiger partial charge in [0, 0.05) is 19.5 Å². The van der Waals surface area contributed by atoms with Crippen molar-refractivity contribution in [2.24, 2.45) is 0 Å². The molecule has 1 fully saturated rings. The van der Waals surface area contributed by atoms with Gasteiger partial charge in [-0.25, -0.2) is 0 Å². The highest BCUT2D eigenvalue weighted by atomic mass is 16.4. The minimum atomic E-state index is -0.779. The van der Waals surface area contributed by atoms with Crippen molar-refractivity contribution in [1.29, 1.82) is 0 Å². The fourth-order valence-electron chi connectivity index (χ4n) is 2.24. The molecule has 0 radical (unpaired) electrons. The molecule has 1 aliphatic rings. The van der Waals surface area contributed by atoms with Gasteiger partial charge < -0.3 is 10.0 Å². The van der Waals surface area contributed by atoms with E-state index in [0.29, 0.717) is 13.0 Å². The van der Waals surface area contributed by atoms with Crippen molar-refractivity contribution in [3.63, 3.8) is 0 Å². The first-order valence-corrected chi connectivity index (χ1v) is 6.73. The van der Waals surface area contributed by atoms with Crippen molar-refractivity contribution in [3.05, 3.63) is 0 Å². The number of likely N-dealkylation sites (N-methyl/N-ethyl adjacent to an activating group) is 1. The molecule has 0 spiro atoms. The monoisotopic (exact) mass is 256 g/mol. The first-order chi connectivity index (χ1) is 8.52. The van der Waals surface area contributed by atoms with E-state index in [2.05, 4.69) is 0 Å². The van der Waals surface area contributed by atoms with Gasteiger partial charge in [-0.2, -0.15) is 0 Å². The van der Waals surface area contributed by atoms with Crippen molar-refractivity contribution in [2.75, 3.05) is 26.7 Å². The number of amides is 1. The molecule has 0 bridgehead atoms. The highest BCUT2D eigenvalue weighted by molar-refractivity contribution is 5.81. The lowest BCUT2D eigenvalue weighted by atomic mass is 10.1. The minimum Gasteiger partial charge on any atom is -0.481 e. The first-order valence-electron chi connectivity index (χ1n) is 6.73. The third-order valence-electron chi connectivity index (χ3n) is 3.59. The third kappa shape index (κ3) is 4.64. The van der Waals surface area contributed by atoms with Gasteiger partial charge in [0.1, 0.15) is 0 Å². The number of hydrogen-bond acceptors (Lipinski definition) is 3. The maximum absolute atomic E-state index is 12.2. The molecule has 1 unspecified atom stereocenters. The summed E-state index contributed by atoms with van der Waals surface area (Å²) in [5.41, 5.74) is 0. The maximum Gasteiger partial charge on any atom is 0.303 e. The van der Waals surface area contributed by atoms with Gasteiger partial charge in [-0.1, -0.05) is 0 Å². The lowest BCUT2D eigenvalue weighted by molar-refractivity contribution is -0.137. The molecule has 5 heteroatoms. The van der Waals surface area contributed by atoms with Crippen molar-refractivity contribution in [2.45, 2.75) is 45.1 Å². The molecule has 1 N–H and O–H groups in total. The van der Waals surface area contributed by atoms with Crippen molar-refractivity contribution in [1.82, 2.24) is 9.80 Å². The Morgan fingerprint density at radius 2 is 1.89 bits per heavy atom. The third-order valence-corrected chi connectivity index (χ3v) is 3.59. The van der Waals surface area contributed by atoms with Gasteiger partial charge >= 0.3 is 5.97 Å². The van der Waals surface area contributed by atoms with Crippen molar-refractivity contribution in [3.8, 4) is 0 Å². The molecule has 0 aromatic rings. The second kappa shape index (κ2) is 7.36. The van der Waals surface area contributed by atoms with E-state index in [4.69, 9.17) is 5.11 Å². The van der Waals surface area contributed by atoms with E-state index in [1.54, 1.807) is 0 Å². The van der Waals surface area contributed by atoms with Crippen LogP contribution in [0.4, 0.5) is 0 Å². The molecule has 1 aliphatic heterocycles. The summed E-state index contributed by atoms with van der Waals surface area (Å²) in [5, 5.41) is 8.58. The van der Waals surface area contributed by atoms with Crippen LogP contribution in [-0.2, 0) is 9.59 Å². The van der Waals surface area contributed by atoms with Crippen LogP contribution in [0.2, 0.25) is 0 Å². The van der Waals surface area contributed by atoms with Crippen LogP contribution in [0.25, 0.3) is 0 Å². The molecular formula is C13H24N2O3. The van der Waals surface area contributed by atoms with Crippen LogP contribution < -0.4 is 0 Å². The van der Waals surface area contributed by atoms with E-state index in [1.807, 2.05) is 23.8 Å². The SMILES string of the molecule is CC(C(=O)N1CCCCC1)N(C)CCCC(=O)O. The highest BCUT2D eigenvalue weighted by Gasteiger charge is 2.24. The van der Waals surface area contributed by atoms with Gasteiger partial charge in [-0.05, 0) is 46.2 Å². The summed E-state index contributed by atoms with van der Waals surface area (Å²) in [6.45, 7) is 4.28. The Labute approximate surface area is 109 Å². The summed E-state index contributed by atoms with van der Waals surface area (Å²) < 4.78 is 0. The Balaban J connectivity index is 2.34. The number of carboxylic acid groups (broad SMARTS) is 1. The number of aliphatic carboxylic acids is 1. The van der Waals surface area contributed by atoms with Crippen LogP contribution in [0.5, 0.6) is 0 Å². The Bertz CT molecular complexity index is 288. The first kappa shape index (κ1) is 15.0. The zero-order valence-electron chi connectivity index (χ0n) is 11.4. The minimum absolute atomic E-state index is 0.156. The average molecular weight is 256 g/mol. The molecule has 1 atom stereocenters. The van der Waals surface area contributed by atoms with Gasteiger partial charge in [-0.3, -0.25) is 14.5 Å². The van der Waals surface area contributed by atoms with E-state index in [0.717, 1.165) is 25.9 Å². The van der Waals surface area contributed by atoms with Crippen LogP contribution in [0, 0.1) is 0 Å². The predicted molar refractivity (Wildman–Crippen MR) is 69.4 cm³/mol. The van der Waals surface area contributed by atoms with Crippen LogP contribution >= 0.6 is 0 Å². The van der Waals surface area contributed by atoms with Gasteiger partial charge in [0.25, 0.3) is 0 Å². The molecular weight excluding hydrogens is 232 g/mol. The number of nitrogens with zero attached hydrogens (tertiary/aromatic N) is 2. The Hall–Kier alpha value is -1.10. The lowest BCUT2D eigenvalue weighted by Crippen LogP contribution is -2.47. The van der Waals surface area contributed by atoms with Gasteiger partial charge in [0.2, 0.25) is 5.91 Å². The predicted octanol–water partition coefficient (Wildman–Crippen LogP) is 1.18. The second-order valence-electron chi connectivity index (χ2n) is 5.04. The number of hydrogen-bond donors (Lipinski definition) is 1. The molecule has 0 saturated carbocycles. The Morgan fingerprint density at radius 1 is 1.28 bits per heavy atom. The van der Waals surface area contributed by atoms with E-state index < -0.39 is 5.97 Å². The van der Waals surface area contributed by atoms with E-state index in [9.17, 15) is 9.59 Å². The van der Waals surface area contributed by atoms with E-state index in [-0.39, 0.29) is 18.4 Å². The van der Waals surface area contributed by atoms with Gasteiger partial charge in [0.05, 0.1) is 6.04 Å². The summed E-state index contributed by atoms with van der Waals surface area (Å²) >= 11 is 0.